The summed E-state index contributed by atoms with van der Waals surface area (Å²) in [4.78, 5) is 0. The second kappa shape index (κ2) is 12.8. The Kier molecular flexibility index (Phi) is 9.95. The first-order valence-corrected chi connectivity index (χ1v) is 14.8. The van der Waals surface area contributed by atoms with Gasteiger partial charge < -0.3 is 70.0 Å². The summed E-state index contributed by atoms with van der Waals surface area (Å²) in [6.07, 6.45) is -13.6. The molecule has 15 atom stereocenters. The highest BCUT2D eigenvalue weighted by Gasteiger charge is 2.65. The van der Waals surface area contributed by atoms with Crippen LogP contribution < -0.4 is 0 Å². The van der Waals surface area contributed by atoms with Crippen LogP contribution in [0.25, 0.3) is 0 Å². The summed E-state index contributed by atoms with van der Waals surface area (Å²) in [6.45, 7) is -1.59. The lowest BCUT2D eigenvalue weighted by molar-refractivity contribution is -0.429. The molecule has 0 amide bonds. The summed E-state index contributed by atoms with van der Waals surface area (Å²) in [7, 11) is 0. The predicted octanol–water partition coefficient (Wildman–Crippen LogP) is -3.75. The van der Waals surface area contributed by atoms with E-state index in [1.54, 1.807) is 0 Å². The third-order valence-corrected chi connectivity index (χ3v) is 9.99. The summed E-state index contributed by atoms with van der Waals surface area (Å²) in [5.74, 6) is -2.38. The van der Waals surface area contributed by atoms with Crippen molar-refractivity contribution in [1.82, 2.24) is 0 Å². The van der Waals surface area contributed by atoms with E-state index in [2.05, 4.69) is 0 Å². The number of hydrogen-bond acceptors (Lipinski definition) is 14. The van der Waals surface area contributed by atoms with Crippen LogP contribution in [0, 0.1) is 11.8 Å². The van der Waals surface area contributed by atoms with Crippen molar-refractivity contribution in [3.8, 4) is 0 Å². The normalized spacial score (nSPS) is 54.9. The van der Waals surface area contributed by atoms with Crippen LogP contribution in [-0.4, -0.2) is 156 Å². The highest BCUT2D eigenvalue weighted by Crippen LogP contribution is 2.46. The Bertz CT molecular complexity index is 854. The topological polar surface area (TPSA) is 239 Å². The van der Waals surface area contributed by atoms with Gasteiger partial charge in [0.2, 0.25) is 5.79 Å². The lowest BCUT2D eigenvalue weighted by atomic mass is 9.74. The van der Waals surface area contributed by atoms with E-state index in [1.165, 1.54) is 0 Å². The first-order chi connectivity index (χ1) is 19.5. The summed E-state index contributed by atoms with van der Waals surface area (Å²) >= 11 is 0. The summed E-state index contributed by atoms with van der Waals surface area (Å²) in [6, 6.07) is 0. The molecule has 2 aliphatic carbocycles. The van der Waals surface area contributed by atoms with Gasteiger partial charge in [0.15, 0.2) is 0 Å². The molecule has 10 N–H and O–H groups in total. The van der Waals surface area contributed by atoms with Crippen molar-refractivity contribution >= 4 is 0 Å². The van der Waals surface area contributed by atoms with Crippen molar-refractivity contribution in [1.29, 1.82) is 0 Å². The number of hydrogen-bond donors (Lipinski definition) is 10. The van der Waals surface area contributed by atoms with Crippen LogP contribution in [0.2, 0.25) is 0 Å². The van der Waals surface area contributed by atoms with Gasteiger partial charge >= 0.3 is 0 Å². The molecule has 3 heterocycles. The standard InChI is InChI=1S/C27H46O14/c28-9-18-20(32)22(34)24(36)26(39-18)27(25(37)23(35)21(33)19(10-29)41-27)40-13-7-15(31)14-5-6-16(38-17(14)8-13)11-1-3-12(30)4-2-11/h11-26,28-37H,1-10H2. The maximum Gasteiger partial charge on any atom is 0.227 e. The molecule has 15 unspecified atom stereocenters. The molecule has 0 aromatic heterocycles. The highest BCUT2D eigenvalue weighted by atomic mass is 16.8. The number of aliphatic hydroxyl groups is 10. The molecular weight excluding hydrogens is 548 g/mol. The second-order valence-corrected chi connectivity index (χ2v) is 12.5. The van der Waals surface area contributed by atoms with Crippen molar-refractivity contribution in [3.63, 3.8) is 0 Å². The molecule has 0 bridgehead atoms. The van der Waals surface area contributed by atoms with E-state index in [4.69, 9.17) is 18.9 Å². The number of aliphatic hydroxyl groups excluding tert-OH is 10. The monoisotopic (exact) mass is 594 g/mol. The molecule has 3 saturated heterocycles. The van der Waals surface area contributed by atoms with Gasteiger partial charge in [-0.1, -0.05) is 0 Å². The third kappa shape index (κ3) is 5.94. The zero-order chi connectivity index (χ0) is 29.6. The molecule has 14 heteroatoms. The van der Waals surface area contributed by atoms with Crippen molar-refractivity contribution in [3.05, 3.63) is 0 Å². The van der Waals surface area contributed by atoms with E-state index in [0.717, 1.165) is 25.7 Å². The molecule has 0 spiro atoms. The Hall–Kier alpha value is -0.560. The van der Waals surface area contributed by atoms with Crippen LogP contribution in [0.5, 0.6) is 0 Å². The predicted molar refractivity (Wildman–Crippen MR) is 136 cm³/mol. The fraction of sp³-hybridized carbons (Fsp3) is 1.00. The average Bonchev–Trinajstić information content (AvgIpc) is 2.96. The zero-order valence-electron chi connectivity index (χ0n) is 22.9. The molecule has 238 valence electrons. The van der Waals surface area contributed by atoms with Gasteiger partial charge in [-0.3, -0.25) is 0 Å². The van der Waals surface area contributed by atoms with E-state index in [0.29, 0.717) is 12.8 Å². The Morgan fingerprint density at radius 1 is 0.634 bits per heavy atom. The first kappa shape index (κ1) is 31.9. The van der Waals surface area contributed by atoms with Crippen LogP contribution in [0.4, 0.5) is 0 Å². The zero-order valence-corrected chi connectivity index (χ0v) is 22.9. The van der Waals surface area contributed by atoms with Gasteiger partial charge in [0.25, 0.3) is 0 Å². The van der Waals surface area contributed by atoms with Crippen LogP contribution in [0.15, 0.2) is 0 Å². The fourth-order valence-corrected chi connectivity index (χ4v) is 7.58. The average molecular weight is 595 g/mol. The fourth-order valence-electron chi connectivity index (χ4n) is 7.58. The van der Waals surface area contributed by atoms with Gasteiger partial charge in [-0.2, -0.15) is 0 Å². The summed E-state index contributed by atoms with van der Waals surface area (Å²) in [5.41, 5.74) is 0. The number of rotatable bonds is 6. The largest absolute Gasteiger partial charge is 0.394 e. The molecular formula is C27H46O14. The Labute approximate surface area is 238 Å². The van der Waals surface area contributed by atoms with Crippen molar-refractivity contribution in [2.24, 2.45) is 11.8 Å². The van der Waals surface area contributed by atoms with E-state index >= 15 is 0 Å². The molecule has 0 aromatic carbocycles. The van der Waals surface area contributed by atoms with Gasteiger partial charge in [-0.25, -0.2) is 0 Å². The molecule has 41 heavy (non-hydrogen) atoms. The van der Waals surface area contributed by atoms with Gasteiger partial charge in [0.05, 0.1) is 43.7 Å². The van der Waals surface area contributed by atoms with Crippen molar-refractivity contribution in [2.75, 3.05) is 13.2 Å². The molecule has 0 radical (unpaired) electrons. The quantitative estimate of drug-likeness (QED) is 0.142. The van der Waals surface area contributed by atoms with Gasteiger partial charge in [0, 0.05) is 18.8 Å². The lowest BCUT2D eigenvalue weighted by Gasteiger charge is -2.56. The molecule has 14 nitrogen and oxygen atoms in total. The smallest absolute Gasteiger partial charge is 0.227 e. The summed E-state index contributed by atoms with van der Waals surface area (Å²) < 4.78 is 24.3. The third-order valence-electron chi connectivity index (χ3n) is 9.99. The summed E-state index contributed by atoms with van der Waals surface area (Å²) in [5, 5.41) is 105. The molecule has 0 aromatic rings. The Morgan fingerprint density at radius 2 is 1.29 bits per heavy atom. The van der Waals surface area contributed by atoms with Gasteiger partial charge in [-0.05, 0) is 44.4 Å². The molecule has 5 aliphatic rings. The van der Waals surface area contributed by atoms with Gasteiger partial charge in [-0.15, -0.1) is 0 Å². The van der Waals surface area contributed by atoms with E-state index in [-0.39, 0.29) is 36.9 Å². The maximum absolute atomic E-state index is 11.3. The van der Waals surface area contributed by atoms with Crippen LogP contribution in [0.1, 0.15) is 51.4 Å². The van der Waals surface area contributed by atoms with E-state index in [9.17, 15) is 51.1 Å². The number of fused-ring (bicyclic) bond motifs is 1. The molecule has 3 aliphatic heterocycles. The second-order valence-electron chi connectivity index (χ2n) is 12.5. The van der Waals surface area contributed by atoms with Gasteiger partial charge in [0.1, 0.15) is 54.9 Å². The van der Waals surface area contributed by atoms with Crippen LogP contribution in [0.3, 0.4) is 0 Å². The lowest BCUT2D eigenvalue weighted by Crippen LogP contribution is -2.76. The van der Waals surface area contributed by atoms with Crippen LogP contribution in [-0.2, 0) is 18.9 Å². The Balaban J connectivity index is 1.40. The highest BCUT2D eigenvalue weighted by molar-refractivity contribution is 5.08. The minimum absolute atomic E-state index is 0.0543. The Morgan fingerprint density at radius 3 is 1.95 bits per heavy atom. The first-order valence-electron chi connectivity index (χ1n) is 14.8. The van der Waals surface area contributed by atoms with Crippen molar-refractivity contribution < 1.29 is 70.0 Å². The number of ether oxygens (including phenoxy) is 4. The van der Waals surface area contributed by atoms with E-state index < -0.39 is 92.2 Å². The molecule has 5 fully saturated rings. The SMILES string of the molecule is OCC1OC(C2(OC3CC(O)C4CCC(C5CCC(O)CC5)OC4C3)OC(CO)C(O)C(O)C2O)C(O)C(O)C1O. The molecule has 2 saturated carbocycles. The minimum atomic E-state index is -2.50. The van der Waals surface area contributed by atoms with Crippen molar-refractivity contribution in [2.45, 2.75) is 143 Å². The maximum atomic E-state index is 11.3. The van der Waals surface area contributed by atoms with Crippen LogP contribution >= 0.6 is 0 Å². The minimum Gasteiger partial charge on any atom is -0.394 e. The van der Waals surface area contributed by atoms with E-state index in [1.807, 2.05) is 0 Å². The molecule has 5 rings (SSSR count).